The number of rotatable bonds is 6. The number of anilines is 2. The minimum atomic E-state index is -0.803. The molecule has 1 N–H and O–H groups in total. The van der Waals surface area contributed by atoms with Gasteiger partial charge in [0, 0.05) is 35.4 Å². The quantitative estimate of drug-likeness (QED) is 0.385. The maximum Gasteiger partial charge on any atom is 0.341 e. The summed E-state index contributed by atoms with van der Waals surface area (Å²) in [5.74, 6) is -1.31. The predicted octanol–water partition coefficient (Wildman–Crippen LogP) is 3.30. The Morgan fingerprint density at radius 2 is 1.97 bits per heavy atom. The van der Waals surface area contributed by atoms with Crippen molar-refractivity contribution in [3.05, 3.63) is 62.1 Å². The van der Waals surface area contributed by atoms with Crippen LogP contribution in [0.2, 0.25) is 0 Å². The van der Waals surface area contributed by atoms with Crippen LogP contribution < -0.4 is 10.2 Å². The number of hydrogen-bond acceptors (Lipinski definition) is 7. The largest absolute Gasteiger partial charge is 0.452 e. The number of nitrogens with one attached hydrogen (secondary N) is 1. The van der Waals surface area contributed by atoms with Gasteiger partial charge in [-0.1, -0.05) is 15.9 Å². The lowest BCUT2D eigenvalue weighted by Crippen LogP contribution is -2.37. The minimum Gasteiger partial charge on any atom is -0.452 e. The number of halogens is 1. The zero-order valence-corrected chi connectivity index (χ0v) is 17.8. The van der Waals surface area contributed by atoms with Crippen molar-refractivity contribution in [2.45, 2.75) is 6.92 Å². The van der Waals surface area contributed by atoms with Crippen molar-refractivity contribution in [3.63, 3.8) is 0 Å². The number of aryl methyl sites for hydroxylation is 1. The lowest BCUT2D eigenvalue weighted by atomic mass is 10.1. The molecule has 1 heterocycles. The van der Waals surface area contributed by atoms with Gasteiger partial charge < -0.3 is 19.7 Å². The number of amides is 1. The Bertz CT molecular complexity index is 975. The van der Waals surface area contributed by atoms with Gasteiger partial charge in [0.05, 0.1) is 29.4 Å². The molecule has 1 saturated heterocycles. The summed E-state index contributed by atoms with van der Waals surface area (Å²) in [4.78, 5) is 37.3. The number of esters is 1. The van der Waals surface area contributed by atoms with E-state index < -0.39 is 23.4 Å². The van der Waals surface area contributed by atoms with Gasteiger partial charge in [0.2, 0.25) is 0 Å². The van der Waals surface area contributed by atoms with Gasteiger partial charge in [-0.05, 0) is 36.8 Å². The van der Waals surface area contributed by atoms with E-state index in [2.05, 4.69) is 21.2 Å². The summed E-state index contributed by atoms with van der Waals surface area (Å²) < 4.78 is 11.3. The fourth-order valence-corrected chi connectivity index (χ4v) is 3.52. The van der Waals surface area contributed by atoms with Crippen molar-refractivity contribution in [1.82, 2.24) is 0 Å². The van der Waals surface area contributed by atoms with Gasteiger partial charge in [0.25, 0.3) is 11.6 Å². The standard InChI is InChI=1S/C20H20BrN3O6/c1-13-10-14(21)2-4-17(13)22-19(25)12-30-20(26)16-11-15(24(27)28)3-5-18(16)23-6-8-29-9-7-23/h2-5,10-11H,6-9,12H2,1H3,(H,22,25). The van der Waals surface area contributed by atoms with E-state index in [4.69, 9.17) is 9.47 Å². The van der Waals surface area contributed by atoms with Crippen molar-refractivity contribution >= 4 is 44.9 Å². The predicted molar refractivity (Wildman–Crippen MR) is 114 cm³/mol. The third-order valence-electron chi connectivity index (χ3n) is 4.56. The van der Waals surface area contributed by atoms with E-state index in [-0.39, 0.29) is 11.3 Å². The Morgan fingerprint density at radius 1 is 1.23 bits per heavy atom. The van der Waals surface area contributed by atoms with E-state index >= 15 is 0 Å². The minimum absolute atomic E-state index is 0.0405. The molecule has 9 nitrogen and oxygen atoms in total. The second-order valence-corrected chi connectivity index (χ2v) is 7.56. The molecule has 0 aromatic heterocycles. The molecule has 2 aromatic carbocycles. The molecule has 30 heavy (non-hydrogen) atoms. The molecule has 10 heteroatoms. The molecule has 1 amide bonds. The Morgan fingerprint density at radius 3 is 2.63 bits per heavy atom. The van der Waals surface area contributed by atoms with Gasteiger partial charge in [-0.3, -0.25) is 14.9 Å². The molecule has 1 aliphatic heterocycles. The molecular formula is C20H20BrN3O6. The first kappa shape index (κ1) is 21.7. The maximum atomic E-state index is 12.7. The molecule has 0 bridgehead atoms. The van der Waals surface area contributed by atoms with Crippen LogP contribution >= 0.6 is 15.9 Å². The van der Waals surface area contributed by atoms with Gasteiger partial charge >= 0.3 is 5.97 Å². The third kappa shape index (κ3) is 5.33. The fourth-order valence-electron chi connectivity index (χ4n) is 3.04. The summed E-state index contributed by atoms with van der Waals surface area (Å²) in [6.45, 7) is 3.38. The monoisotopic (exact) mass is 477 g/mol. The summed E-state index contributed by atoms with van der Waals surface area (Å²) in [6, 6.07) is 9.39. The molecule has 0 spiro atoms. The lowest BCUT2D eigenvalue weighted by molar-refractivity contribution is -0.384. The number of morpholine rings is 1. The van der Waals surface area contributed by atoms with Crippen LogP contribution in [0.5, 0.6) is 0 Å². The second-order valence-electron chi connectivity index (χ2n) is 6.64. The molecule has 2 aromatic rings. The van der Waals surface area contributed by atoms with Crippen molar-refractivity contribution in [2.24, 2.45) is 0 Å². The number of non-ortho nitro benzene ring substituents is 1. The van der Waals surface area contributed by atoms with Crippen LogP contribution in [0.4, 0.5) is 17.1 Å². The zero-order valence-electron chi connectivity index (χ0n) is 16.2. The summed E-state index contributed by atoms with van der Waals surface area (Å²) in [7, 11) is 0. The summed E-state index contributed by atoms with van der Waals surface area (Å²) in [5.41, 5.74) is 1.77. The molecule has 0 atom stereocenters. The van der Waals surface area contributed by atoms with Crippen LogP contribution in [-0.2, 0) is 14.3 Å². The van der Waals surface area contributed by atoms with Crippen LogP contribution in [0, 0.1) is 17.0 Å². The highest BCUT2D eigenvalue weighted by molar-refractivity contribution is 9.10. The highest BCUT2D eigenvalue weighted by Gasteiger charge is 2.23. The Hall–Kier alpha value is -2.98. The third-order valence-corrected chi connectivity index (χ3v) is 5.05. The number of carbonyl (C=O) groups excluding carboxylic acids is 2. The Kier molecular flexibility index (Phi) is 7.01. The number of carbonyl (C=O) groups is 2. The smallest absolute Gasteiger partial charge is 0.341 e. The van der Waals surface area contributed by atoms with Crippen LogP contribution in [-0.4, -0.2) is 49.7 Å². The van der Waals surface area contributed by atoms with Crippen LogP contribution in [0.15, 0.2) is 40.9 Å². The van der Waals surface area contributed by atoms with Crippen LogP contribution in [0.3, 0.4) is 0 Å². The van der Waals surface area contributed by atoms with Gasteiger partial charge in [-0.25, -0.2) is 4.79 Å². The zero-order chi connectivity index (χ0) is 21.7. The van der Waals surface area contributed by atoms with E-state index in [1.807, 2.05) is 17.9 Å². The first-order chi connectivity index (χ1) is 14.3. The van der Waals surface area contributed by atoms with Gasteiger partial charge in [0.15, 0.2) is 6.61 Å². The average Bonchev–Trinajstić information content (AvgIpc) is 2.74. The Balaban J connectivity index is 1.72. The number of ether oxygens (including phenoxy) is 2. The number of hydrogen-bond donors (Lipinski definition) is 1. The first-order valence-corrected chi connectivity index (χ1v) is 9.98. The molecule has 0 unspecified atom stereocenters. The topological polar surface area (TPSA) is 111 Å². The highest BCUT2D eigenvalue weighted by atomic mass is 79.9. The molecule has 1 aliphatic rings. The van der Waals surface area contributed by atoms with E-state index in [0.717, 1.165) is 10.0 Å². The van der Waals surface area contributed by atoms with Crippen molar-refractivity contribution in [3.8, 4) is 0 Å². The van der Waals surface area contributed by atoms with E-state index in [1.54, 1.807) is 12.1 Å². The molecule has 158 valence electrons. The van der Waals surface area contributed by atoms with Crippen LogP contribution in [0.25, 0.3) is 0 Å². The molecule has 0 radical (unpaired) electrons. The summed E-state index contributed by atoms with van der Waals surface area (Å²) >= 11 is 3.35. The van der Waals surface area contributed by atoms with Crippen molar-refractivity contribution in [2.75, 3.05) is 43.1 Å². The Labute approximate surface area is 181 Å². The molecule has 0 aliphatic carbocycles. The van der Waals surface area contributed by atoms with Gasteiger partial charge in [0.1, 0.15) is 0 Å². The fraction of sp³-hybridized carbons (Fsp3) is 0.300. The lowest BCUT2D eigenvalue weighted by Gasteiger charge is -2.30. The van der Waals surface area contributed by atoms with E-state index in [0.29, 0.717) is 37.7 Å². The summed E-state index contributed by atoms with van der Waals surface area (Å²) in [5, 5.41) is 13.8. The van der Waals surface area contributed by atoms with Crippen molar-refractivity contribution in [1.29, 1.82) is 0 Å². The van der Waals surface area contributed by atoms with Crippen molar-refractivity contribution < 1.29 is 24.0 Å². The molecule has 1 fully saturated rings. The van der Waals surface area contributed by atoms with E-state index in [1.165, 1.54) is 18.2 Å². The van der Waals surface area contributed by atoms with Crippen LogP contribution in [0.1, 0.15) is 15.9 Å². The van der Waals surface area contributed by atoms with E-state index in [9.17, 15) is 19.7 Å². The average molecular weight is 478 g/mol. The first-order valence-electron chi connectivity index (χ1n) is 9.19. The molecule has 0 saturated carbocycles. The number of benzene rings is 2. The highest BCUT2D eigenvalue weighted by Crippen LogP contribution is 2.27. The van der Waals surface area contributed by atoms with Gasteiger partial charge in [-0.15, -0.1) is 0 Å². The SMILES string of the molecule is Cc1cc(Br)ccc1NC(=O)COC(=O)c1cc([N+](=O)[O-])ccc1N1CCOCC1. The normalized spacial score (nSPS) is 13.6. The number of nitro groups is 1. The molecular weight excluding hydrogens is 458 g/mol. The van der Waals surface area contributed by atoms with Gasteiger partial charge in [-0.2, -0.15) is 0 Å². The number of nitro benzene ring substituents is 1. The molecule has 3 rings (SSSR count). The second kappa shape index (κ2) is 9.68. The summed E-state index contributed by atoms with van der Waals surface area (Å²) in [6.07, 6.45) is 0. The number of nitrogens with zero attached hydrogens (tertiary/aromatic N) is 2. The maximum absolute atomic E-state index is 12.7.